The van der Waals surface area contributed by atoms with Crippen LogP contribution in [0.15, 0.2) is 30.3 Å². The number of benzene rings is 2. The van der Waals surface area contributed by atoms with Crippen molar-refractivity contribution in [3.05, 3.63) is 41.5 Å². The number of carboxylic acid groups (broad SMARTS) is 1. The Morgan fingerprint density at radius 3 is 2.59 bits per heavy atom. The lowest BCUT2D eigenvalue weighted by Gasteiger charge is -2.06. The fraction of sp³-hybridized carbons (Fsp3) is 0.214. The van der Waals surface area contributed by atoms with Crippen molar-refractivity contribution in [3.63, 3.8) is 0 Å². The first kappa shape index (κ1) is 11.5. The van der Waals surface area contributed by atoms with E-state index in [1.54, 1.807) is 0 Å². The molecule has 88 valence electrons. The molecule has 0 bridgehead atoms. The molecule has 0 unspecified atom stereocenters. The second-order valence-electron chi connectivity index (χ2n) is 4.09. The maximum atomic E-state index is 10.6. The van der Waals surface area contributed by atoms with Gasteiger partial charge in [-0.25, -0.2) is 0 Å². The second kappa shape index (κ2) is 4.45. The average molecular weight is 230 g/mol. The number of hydrogen-bond donors (Lipinski definition) is 2. The molecular weight excluding hydrogens is 216 g/mol. The molecule has 0 saturated heterocycles. The summed E-state index contributed by atoms with van der Waals surface area (Å²) in [4.78, 5) is 10.6. The van der Waals surface area contributed by atoms with Crippen molar-refractivity contribution in [2.24, 2.45) is 0 Å². The van der Waals surface area contributed by atoms with Gasteiger partial charge in [-0.05, 0) is 35.1 Å². The van der Waals surface area contributed by atoms with Gasteiger partial charge in [-0.2, -0.15) is 0 Å². The fourth-order valence-corrected chi connectivity index (χ4v) is 1.94. The monoisotopic (exact) mass is 230 g/mol. The van der Waals surface area contributed by atoms with Gasteiger partial charge in [0.15, 0.2) is 0 Å². The number of aliphatic carboxylic acids is 1. The molecule has 0 heterocycles. The van der Waals surface area contributed by atoms with Gasteiger partial charge in [0.25, 0.3) is 0 Å². The van der Waals surface area contributed by atoms with Crippen LogP contribution in [0.4, 0.5) is 0 Å². The third-order valence-electron chi connectivity index (χ3n) is 2.82. The van der Waals surface area contributed by atoms with Crippen LogP contribution >= 0.6 is 0 Å². The first-order valence-corrected chi connectivity index (χ1v) is 5.56. The van der Waals surface area contributed by atoms with Crippen molar-refractivity contribution in [3.8, 4) is 5.75 Å². The number of hydrogen-bond acceptors (Lipinski definition) is 2. The van der Waals surface area contributed by atoms with Crippen molar-refractivity contribution in [2.75, 3.05) is 0 Å². The number of rotatable bonds is 3. The lowest BCUT2D eigenvalue weighted by atomic mass is 10.0. The Labute approximate surface area is 99.3 Å². The molecule has 2 aromatic rings. The standard InChI is InChI=1S/C14H14O3/c1-2-9-3-4-11-5-10(8-14(16)17)7-13(15)12(11)6-9/h3-7,15H,2,8H2,1H3,(H,16,17). The Morgan fingerprint density at radius 1 is 1.18 bits per heavy atom. The molecule has 0 amide bonds. The van der Waals surface area contributed by atoms with Crippen LogP contribution in [0.3, 0.4) is 0 Å². The molecule has 0 aliphatic rings. The Morgan fingerprint density at radius 2 is 1.94 bits per heavy atom. The van der Waals surface area contributed by atoms with E-state index in [9.17, 15) is 9.90 Å². The summed E-state index contributed by atoms with van der Waals surface area (Å²) in [6, 6.07) is 9.18. The lowest BCUT2D eigenvalue weighted by Crippen LogP contribution is -1.99. The topological polar surface area (TPSA) is 57.5 Å². The Balaban J connectivity index is 2.55. The lowest BCUT2D eigenvalue weighted by molar-refractivity contribution is -0.136. The zero-order chi connectivity index (χ0) is 12.4. The predicted octanol–water partition coefficient (Wildman–Crippen LogP) is 2.73. The van der Waals surface area contributed by atoms with Crippen LogP contribution in [-0.2, 0) is 17.6 Å². The first-order valence-electron chi connectivity index (χ1n) is 5.56. The van der Waals surface area contributed by atoms with Gasteiger partial charge >= 0.3 is 5.97 Å². The van der Waals surface area contributed by atoms with Crippen LogP contribution in [0, 0.1) is 0 Å². The molecule has 0 radical (unpaired) electrons. The molecule has 0 aliphatic carbocycles. The van der Waals surface area contributed by atoms with Crippen molar-refractivity contribution in [1.82, 2.24) is 0 Å². The Hall–Kier alpha value is -2.03. The van der Waals surface area contributed by atoms with Crippen molar-refractivity contribution in [2.45, 2.75) is 19.8 Å². The largest absolute Gasteiger partial charge is 0.507 e. The van der Waals surface area contributed by atoms with Gasteiger partial charge in [0.05, 0.1) is 6.42 Å². The number of phenolic OH excluding ortho intramolecular Hbond substituents is 1. The minimum absolute atomic E-state index is 0.0704. The SMILES string of the molecule is CCc1ccc2cc(CC(=O)O)cc(O)c2c1. The molecule has 0 aliphatic heterocycles. The van der Waals surface area contributed by atoms with Gasteiger partial charge in [-0.15, -0.1) is 0 Å². The van der Waals surface area contributed by atoms with E-state index >= 15 is 0 Å². The van der Waals surface area contributed by atoms with E-state index in [4.69, 9.17) is 5.11 Å². The van der Waals surface area contributed by atoms with Gasteiger partial charge in [0.1, 0.15) is 5.75 Å². The zero-order valence-corrected chi connectivity index (χ0v) is 9.60. The molecule has 0 atom stereocenters. The molecule has 17 heavy (non-hydrogen) atoms. The molecule has 0 saturated carbocycles. The summed E-state index contributed by atoms with van der Waals surface area (Å²) in [5, 5.41) is 20.3. The van der Waals surface area contributed by atoms with Crippen LogP contribution < -0.4 is 0 Å². The highest BCUT2D eigenvalue weighted by Crippen LogP contribution is 2.28. The van der Waals surface area contributed by atoms with E-state index in [-0.39, 0.29) is 12.2 Å². The quantitative estimate of drug-likeness (QED) is 0.852. The maximum Gasteiger partial charge on any atom is 0.307 e. The van der Waals surface area contributed by atoms with Gasteiger partial charge in [-0.1, -0.05) is 25.1 Å². The van der Waals surface area contributed by atoms with E-state index in [2.05, 4.69) is 6.92 Å². The molecule has 0 fully saturated rings. The first-order chi connectivity index (χ1) is 8.10. The second-order valence-corrected chi connectivity index (χ2v) is 4.09. The fourth-order valence-electron chi connectivity index (χ4n) is 1.94. The highest BCUT2D eigenvalue weighted by atomic mass is 16.4. The summed E-state index contributed by atoms with van der Waals surface area (Å²) in [6.45, 7) is 2.05. The van der Waals surface area contributed by atoms with E-state index in [0.29, 0.717) is 5.56 Å². The van der Waals surface area contributed by atoms with E-state index in [1.807, 2.05) is 24.3 Å². The third-order valence-corrected chi connectivity index (χ3v) is 2.82. The van der Waals surface area contributed by atoms with Gasteiger partial charge in [0.2, 0.25) is 0 Å². The number of carbonyl (C=O) groups is 1. The normalized spacial score (nSPS) is 10.6. The summed E-state index contributed by atoms with van der Waals surface area (Å²) < 4.78 is 0. The van der Waals surface area contributed by atoms with Crippen molar-refractivity contribution < 1.29 is 15.0 Å². The summed E-state index contributed by atoms with van der Waals surface area (Å²) in [6.07, 6.45) is 0.839. The maximum absolute atomic E-state index is 10.6. The van der Waals surface area contributed by atoms with Crippen LogP contribution in [0.2, 0.25) is 0 Å². The van der Waals surface area contributed by atoms with Crippen LogP contribution in [0.25, 0.3) is 10.8 Å². The van der Waals surface area contributed by atoms with Crippen LogP contribution in [0.5, 0.6) is 5.75 Å². The number of fused-ring (bicyclic) bond motifs is 1. The molecule has 3 heteroatoms. The van der Waals surface area contributed by atoms with Crippen molar-refractivity contribution >= 4 is 16.7 Å². The van der Waals surface area contributed by atoms with Gasteiger partial charge in [-0.3, -0.25) is 4.79 Å². The Kier molecular flexibility index (Phi) is 3.00. The predicted molar refractivity (Wildman–Crippen MR) is 66.3 cm³/mol. The summed E-state index contributed by atoms with van der Waals surface area (Å²) >= 11 is 0. The molecule has 2 N–H and O–H groups in total. The smallest absolute Gasteiger partial charge is 0.307 e. The van der Waals surface area contributed by atoms with Crippen LogP contribution in [0.1, 0.15) is 18.1 Å². The molecule has 0 spiro atoms. The highest BCUT2D eigenvalue weighted by molar-refractivity contribution is 5.90. The summed E-state index contributed by atoms with van der Waals surface area (Å²) in [5.41, 5.74) is 1.77. The third kappa shape index (κ3) is 2.38. The minimum atomic E-state index is -0.895. The number of phenols is 1. The summed E-state index contributed by atoms with van der Waals surface area (Å²) in [7, 11) is 0. The highest BCUT2D eigenvalue weighted by Gasteiger charge is 2.06. The number of aryl methyl sites for hydroxylation is 1. The van der Waals surface area contributed by atoms with E-state index < -0.39 is 5.97 Å². The molecular formula is C14H14O3. The molecule has 0 aromatic heterocycles. The average Bonchev–Trinajstić information content (AvgIpc) is 2.28. The molecule has 3 nitrogen and oxygen atoms in total. The Bertz CT molecular complexity index is 573. The van der Waals surface area contributed by atoms with E-state index in [0.717, 1.165) is 22.8 Å². The molecule has 2 aromatic carbocycles. The minimum Gasteiger partial charge on any atom is -0.507 e. The number of aromatic hydroxyl groups is 1. The summed E-state index contributed by atoms with van der Waals surface area (Å²) in [5.74, 6) is -0.747. The zero-order valence-electron chi connectivity index (χ0n) is 9.60. The van der Waals surface area contributed by atoms with E-state index in [1.165, 1.54) is 6.07 Å². The van der Waals surface area contributed by atoms with Gasteiger partial charge in [0, 0.05) is 5.39 Å². The van der Waals surface area contributed by atoms with Gasteiger partial charge < -0.3 is 10.2 Å². The van der Waals surface area contributed by atoms with Crippen molar-refractivity contribution in [1.29, 1.82) is 0 Å². The number of carboxylic acids is 1. The van der Waals surface area contributed by atoms with Crippen LogP contribution in [-0.4, -0.2) is 16.2 Å². The molecule has 2 rings (SSSR count).